The minimum absolute atomic E-state index is 0.257. The van der Waals surface area contributed by atoms with Gasteiger partial charge in [-0.05, 0) is 18.2 Å². The molecule has 0 aliphatic heterocycles. The third-order valence-corrected chi connectivity index (χ3v) is 2.05. The minimum Gasteiger partial charge on any atom is -0.394 e. The molecular formula is C8H9BrFNO. The van der Waals surface area contributed by atoms with Gasteiger partial charge in [0, 0.05) is 10.0 Å². The second kappa shape index (κ2) is 3.98. The van der Waals surface area contributed by atoms with Crippen molar-refractivity contribution in [2.45, 2.75) is 6.04 Å². The molecule has 0 radical (unpaired) electrons. The molecule has 0 aromatic heterocycles. The summed E-state index contributed by atoms with van der Waals surface area (Å²) in [4.78, 5) is 0. The van der Waals surface area contributed by atoms with Crippen LogP contribution in [-0.4, -0.2) is 11.7 Å². The Bertz CT molecular complexity index is 280. The highest BCUT2D eigenvalue weighted by Crippen LogP contribution is 2.19. The SMILES string of the molecule is NC(CO)c1cc(Br)ccc1F. The summed E-state index contributed by atoms with van der Waals surface area (Å²) in [6, 6.07) is 3.82. The molecule has 1 rings (SSSR count). The maximum absolute atomic E-state index is 13.0. The summed E-state index contributed by atoms with van der Waals surface area (Å²) in [5.74, 6) is -0.389. The van der Waals surface area contributed by atoms with Gasteiger partial charge < -0.3 is 10.8 Å². The lowest BCUT2D eigenvalue weighted by Gasteiger charge is -2.09. The van der Waals surface area contributed by atoms with Crippen molar-refractivity contribution >= 4 is 15.9 Å². The molecule has 0 aliphatic carbocycles. The second-order valence-electron chi connectivity index (χ2n) is 2.45. The first-order chi connectivity index (χ1) is 5.65. The van der Waals surface area contributed by atoms with Crippen LogP contribution in [0.5, 0.6) is 0 Å². The number of hydrogen-bond donors (Lipinski definition) is 2. The molecule has 0 saturated carbocycles. The first kappa shape index (κ1) is 9.64. The van der Waals surface area contributed by atoms with Crippen molar-refractivity contribution in [3.63, 3.8) is 0 Å². The van der Waals surface area contributed by atoms with Gasteiger partial charge in [-0.15, -0.1) is 0 Å². The summed E-state index contributed by atoms with van der Waals surface area (Å²) in [5, 5.41) is 8.70. The highest BCUT2D eigenvalue weighted by molar-refractivity contribution is 9.10. The number of halogens is 2. The van der Waals surface area contributed by atoms with Crippen molar-refractivity contribution in [2.75, 3.05) is 6.61 Å². The summed E-state index contributed by atoms with van der Waals surface area (Å²) in [6.45, 7) is -0.257. The molecule has 12 heavy (non-hydrogen) atoms. The molecule has 2 nitrogen and oxygen atoms in total. The summed E-state index contributed by atoms with van der Waals surface area (Å²) >= 11 is 3.19. The van der Waals surface area contributed by atoms with Gasteiger partial charge in [-0.1, -0.05) is 15.9 Å². The minimum atomic E-state index is -0.650. The Labute approximate surface area is 78.3 Å². The fourth-order valence-electron chi connectivity index (χ4n) is 0.897. The van der Waals surface area contributed by atoms with E-state index in [-0.39, 0.29) is 12.4 Å². The number of hydrogen-bond acceptors (Lipinski definition) is 2. The Morgan fingerprint density at radius 1 is 1.58 bits per heavy atom. The molecule has 0 aliphatic rings. The van der Waals surface area contributed by atoms with Crippen molar-refractivity contribution in [3.05, 3.63) is 34.1 Å². The lowest BCUT2D eigenvalue weighted by Crippen LogP contribution is -2.15. The molecule has 0 fully saturated rings. The van der Waals surface area contributed by atoms with Crippen molar-refractivity contribution in [3.8, 4) is 0 Å². The molecule has 4 heteroatoms. The van der Waals surface area contributed by atoms with Gasteiger partial charge in [0.05, 0.1) is 12.6 Å². The van der Waals surface area contributed by atoms with E-state index in [0.29, 0.717) is 5.56 Å². The van der Waals surface area contributed by atoms with Gasteiger partial charge in [-0.3, -0.25) is 0 Å². The Hall–Kier alpha value is -0.450. The Morgan fingerprint density at radius 3 is 2.83 bits per heavy atom. The normalized spacial score (nSPS) is 13.0. The first-order valence-corrected chi connectivity index (χ1v) is 4.26. The Kier molecular flexibility index (Phi) is 3.20. The molecular weight excluding hydrogens is 225 g/mol. The molecule has 0 saturated heterocycles. The number of nitrogens with two attached hydrogens (primary N) is 1. The van der Waals surface area contributed by atoms with Crippen LogP contribution >= 0.6 is 15.9 Å². The molecule has 1 unspecified atom stereocenters. The van der Waals surface area contributed by atoms with E-state index < -0.39 is 6.04 Å². The van der Waals surface area contributed by atoms with Crippen LogP contribution in [0.2, 0.25) is 0 Å². The third-order valence-electron chi connectivity index (χ3n) is 1.55. The van der Waals surface area contributed by atoms with Crippen LogP contribution in [0.1, 0.15) is 11.6 Å². The average molecular weight is 234 g/mol. The monoisotopic (exact) mass is 233 g/mol. The van der Waals surface area contributed by atoms with Gasteiger partial charge in [0.15, 0.2) is 0 Å². The molecule has 1 aromatic rings. The van der Waals surface area contributed by atoms with Crippen LogP contribution < -0.4 is 5.73 Å². The van der Waals surface area contributed by atoms with E-state index in [2.05, 4.69) is 15.9 Å². The predicted octanol–water partition coefficient (Wildman–Crippen LogP) is 1.58. The van der Waals surface area contributed by atoms with Crippen molar-refractivity contribution in [2.24, 2.45) is 5.73 Å². The van der Waals surface area contributed by atoms with Gasteiger partial charge in [0.25, 0.3) is 0 Å². The molecule has 1 atom stereocenters. The standard InChI is InChI=1S/C8H9BrFNO/c9-5-1-2-7(10)6(3-5)8(11)4-12/h1-3,8,12H,4,11H2. The van der Waals surface area contributed by atoms with Crippen LogP contribution in [0.3, 0.4) is 0 Å². The lowest BCUT2D eigenvalue weighted by molar-refractivity contribution is 0.265. The second-order valence-corrected chi connectivity index (χ2v) is 3.37. The number of benzene rings is 1. The number of aliphatic hydroxyl groups excluding tert-OH is 1. The smallest absolute Gasteiger partial charge is 0.128 e. The van der Waals surface area contributed by atoms with E-state index in [1.54, 1.807) is 12.1 Å². The first-order valence-electron chi connectivity index (χ1n) is 3.46. The highest BCUT2D eigenvalue weighted by Gasteiger charge is 2.09. The molecule has 0 amide bonds. The van der Waals surface area contributed by atoms with Gasteiger partial charge in [0.2, 0.25) is 0 Å². The maximum Gasteiger partial charge on any atom is 0.128 e. The highest BCUT2D eigenvalue weighted by atomic mass is 79.9. The average Bonchev–Trinajstić information content (AvgIpc) is 2.08. The Morgan fingerprint density at radius 2 is 2.25 bits per heavy atom. The zero-order valence-corrected chi connectivity index (χ0v) is 7.88. The summed E-state index contributed by atoms with van der Waals surface area (Å²) in [7, 11) is 0. The van der Waals surface area contributed by atoms with Crippen molar-refractivity contribution in [1.29, 1.82) is 0 Å². The molecule has 66 valence electrons. The van der Waals surface area contributed by atoms with Crippen molar-refractivity contribution < 1.29 is 9.50 Å². The van der Waals surface area contributed by atoms with Crippen LogP contribution in [0, 0.1) is 5.82 Å². The maximum atomic E-state index is 13.0. The van der Waals surface area contributed by atoms with Crippen LogP contribution in [0.4, 0.5) is 4.39 Å². The van der Waals surface area contributed by atoms with Crippen LogP contribution in [-0.2, 0) is 0 Å². The molecule has 3 N–H and O–H groups in total. The predicted molar refractivity (Wildman–Crippen MR) is 48.1 cm³/mol. The number of aliphatic hydroxyl groups is 1. The van der Waals surface area contributed by atoms with E-state index in [1.165, 1.54) is 6.07 Å². The summed E-state index contributed by atoms with van der Waals surface area (Å²) in [5.41, 5.74) is 5.78. The molecule has 1 aromatic carbocycles. The van der Waals surface area contributed by atoms with Crippen LogP contribution in [0.25, 0.3) is 0 Å². The largest absolute Gasteiger partial charge is 0.394 e. The summed E-state index contributed by atoms with van der Waals surface area (Å²) < 4.78 is 13.7. The molecule has 0 bridgehead atoms. The zero-order valence-electron chi connectivity index (χ0n) is 6.30. The number of rotatable bonds is 2. The third kappa shape index (κ3) is 2.03. The summed E-state index contributed by atoms with van der Waals surface area (Å²) in [6.07, 6.45) is 0. The fourth-order valence-corrected chi connectivity index (χ4v) is 1.28. The van der Waals surface area contributed by atoms with E-state index in [9.17, 15) is 4.39 Å². The Balaban J connectivity index is 3.04. The van der Waals surface area contributed by atoms with E-state index in [0.717, 1.165) is 4.47 Å². The van der Waals surface area contributed by atoms with Crippen molar-refractivity contribution in [1.82, 2.24) is 0 Å². The van der Waals surface area contributed by atoms with E-state index in [1.807, 2.05) is 0 Å². The van der Waals surface area contributed by atoms with Gasteiger partial charge in [0.1, 0.15) is 5.82 Å². The van der Waals surface area contributed by atoms with Gasteiger partial charge in [-0.25, -0.2) is 4.39 Å². The van der Waals surface area contributed by atoms with E-state index >= 15 is 0 Å². The zero-order chi connectivity index (χ0) is 9.14. The fraction of sp³-hybridized carbons (Fsp3) is 0.250. The molecule has 0 heterocycles. The lowest BCUT2D eigenvalue weighted by atomic mass is 10.1. The van der Waals surface area contributed by atoms with Gasteiger partial charge in [-0.2, -0.15) is 0 Å². The van der Waals surface area contributed by atoms with Gasteiger partial charge >= 0.3 is 0 Å². The van der Waals surface area contributed by atoms with Crippen LogP contribution in [0.15, 0.2) is 22.7 Å². The van der Waals surface area contributed by atoms with E-state index in [4.69, 9.17) is 10.8 Å². The molecule has 0 spiro atoms. The quantitative estimate of drug-likeness (QED) is 0.815. The topological polar surface area (TPSA) is 46.2 Å².